The molecule has 2 N–H and O–H groups in total. The Bertz CT molecular complexity index is 1200. The van der Waals surface area contributed by atoms with Gasteiger partial charge in [0.05, 0.1) is 6.61 Å². The van der Waals surface area contributed by atoms with Crippen LogP contribution in [0.25, 0.3) is 11.1 Å². The monoisotopic (exact) mass is 459 g/mol. The van der Waals surface area contributed by atoms with Crippen molar-refractivity contribution >= 4 is 0 Å². The van der Waals surface area contributed by atoms with Gasteiger partial charge in [-0.25, -0.2) is 4.98 Å². The van der Waals surface area contributed by atoms with Crippen molar-refractivity contribution < 1.29 is 14.6 Å². The lowest BCUT2D eigenvalue weighted by molar-refractivity contribution is 0.201. The van der Waals surface area contributed by atoms with E-state index in [1.807, 2.05) is 30.5 Å². The first-order valence-corrected chi connectivity index (χ1v) is 11.3. The van der Waals surface area contributed by atoms with E-state index in [-0.39, 0.29) is 13.2 Å². The van der Waals surface area contributed by atoms with Crippen molar-refractivity contribution in [1.82, 2.24) is 25.6 Å². The van der Waals surface area contributed by atoms with Crippen LogP contribution in [-0.2, 0) is 19.4 Å². The Balaban J connectivity index is 1.44. The summed E-state index contributed by atoms with van der Waals surface area (Å²) in [5, 5.41) is 23.0. The van der Waals surface area contributed by atoms with Gasteiger partial charge in [-0.2, -0.15) is 5.21 Å². The number of rotatable bonds is 10. The van der Waals surface area contributed by atoms with Crippen LogP contribution in [-0.4, -0.2) is 43.9 Å². The number of aliphatic hydroxyl groups is 1. The second-order valence-electron chi connectivity index (χ2n) is 8.22. The van der Waals surface area contributed by atoms with Crippen molar-refractivity contribution in [1.29, 1.82) is 0 Å². The normalized spacial score (nSPS) is 10.9. The molecule has 2 heterocycles. The van der Waals surface area contributed by atoms with Crippen molar-refractivity contribution in [3.8, 4) is 22.8 Å². The number of nitrogens with one attached hydrogen (secondary N) is 1. The number of aliphatic hydroxyl groups excluding tert-OH is 1. The molecule has 0 saturated carbocycles. The first-order chi connectivity index (χ1) is 16.5. The average molecular weight is 460 g/mol. The van der Waals surface area contributed by atoms with E-state index in [1.165, 1.54) is 16.7 Å². The molecular weight excluding hydrogens is 430 g/mol. The molecule has 0 unspecified atom stereocenters. The Kier molecular flexibility index (Phi) is 7.49. The Hall–Kier alpha value is -3.78. The van der Waals surface area contributed by atoms with E-state index in [0.717, 1.165) is 34.4 Å². The van der Waals surface area contributed by atoms with Crippen LogP contribution in [0.1, 0.15) is 33.6 Å². The summed E-state index contributed by atoms with van der Waals surface area (Å²) in [4.78, 5) is 4.45. The van der Waals surface area contributed by atoms with E-state index in [1.54, 1.807) is 0 Å². The third-order valence-corrected chi connectivity index (χ3v) is 5.78. The lowest BCUT2D eigenvalue weighted by Gasteiger charge is -2.17. The first-order valence-electron chi connectivity index (χ1n) is 11.3. The Labute approximate surface area is 199 Å². The zero-order valence-electron chi connectivity index (χ0n) is 19.7. The van der Waals surface area contributed by atoms with Gasteiger partial charge in [0.2, 0.25) is 5.88 Å². The second-order valence-corrected chi connectivity index (χ2v) is 8.22. The fourth-order valence-electron chi connectivity index (χ4n) is 4.05. The Morgan fingerprint density at radius 1 is 0.971 bits per heavy atom. The van der Waals surface area contributed by atoms with Gasteiger partial charge in [0, 0.05) is 18.7 Å². The lowest BCUT2D eigenvalue weighted by Crippen LogP contribution is -2.04. The standard InChI is InChI=1S/C26H29N5O3/c1-17-13-22(33-12-11-32)14-18(2)26(17)23-6-4-5-21(19(23)3)16-34-25-10-8-20(15-27-25)7-9-24-28-30-31-29-24/h4-6,8,10,13-15,32H,7,9,11-12,16H2,1-3H3,(H,28,29,30,31). The number of tetrazole rings is 1. The summed E-state index contributed by atoms with van der Waals surface area (Å²) in [5.74, 6) is 2.05. The number of H-pyrrole nitrogens is 1. The van der Waals surface area contributed by atoms with Gasteiger partial charge in [0.15, 0.2) is 5.82 Å². The Morgan fingerprint density at radius 2 is 1.79 bits per heavy atom. The molecule has 0 amide bonds. The predicted octanol–water partition coefficient (Wildman–Crippen LogP) is 3.92. The zero-order chi connectivity index (χ0) is 23.9. The molecule has 0 fully saturated rings. The van der Waals surface area contributed by atoms with E-state index < -0.39 is 0 Å². The molecule has 34 heavy (non-hydrogen) atoms. The molecular formula is C26H29N5O3. The highest BCUT2D eigenvalue weighted by atomic mass is 16.5. The molecule has 0 radical (unpaired) electrons. The van der Waals surface area contributed by atoms with Crippen LogP contribution in [0.3, 0.4) is 0 Å². The number of pyridine rings is 1. The minimum atomic E-state index is -0.00115. The summed E-state index contributed by atoms with van der Waals surface area (Å²) in [6.45, 7) is 7.01. The Morgan fingerprint density at radius 3 is 2.47 bits per heavy atom. The van der Waals surface area contributed by atoms with Crippen molar-refractivity contribution in [2.45, 2.75) is 40.2 Å². The highest BCUT2D eigenvalue weighted by Crippen LogP contribution is 2.34. The summed E-state index contributed by atoms with van der Waals surface area (Å²) < 4.78 is 11.6. The summed E-state index contributed by atoms with van der Waals surface area (Å²) in [6.07, 6.45) is 3.32. The van der Waals surface area contributed by atoms with E-state index in [4.69, 9.17) is 14.6 Å². The third-order valence-electron chi connectivity index (χ3n) is 5.78. The number of aryl methyl sites for hydroxylation is 4. The van der Waals surface area contributed by atoms with E-state index >= 15 is 0 Å². The zero-order valence-corrected chi connectivity index (χ0v) is 19.7. The lowest BCUT2D eigenvalue weighted by atomic mass is 9.90. The number of benzene rings is 2. The van der Waals surface area contributed by atoms with Crippen LogP contribution >= 0.6 is 0 Å². The molecule has 8 heteroatoms. The van der Waals surface area contributed by atoms with Gasteiger partial charge < -0.3 is 14.6 Å². The van der Waals surface area contributed by atoms with Crippen LogP contribution in [0.2, 0.25) is 0 Å². The number of ether oxygens (including phenoxy) is 2. The van der Waals surface area contributed by atoms with Crippen molar-refractivity contribution in [3.05, 3.63) is 82.3 Å². The minimum Gasteiger partial charge on any atom is -0.491 e. The van der Waals surface area contributed by atoms with Crippen molar-refractivity contribution in [2.75, 3.05) is 13.2 Å². The molecule has 4 aromatic rings. The number of aromatic nitrogens is 5. The maximum atomic E-state index is 9.02. The molecule has 2 aromatic heterocycles. The number of nitrogens with zero attached hydrogens (tertiary/aromatic N) is 4. The largest absolute Gasteiger partial charge is 0.491 e. The smallest absolute Gasteiger partial charge is 0.213 e. The van der Waals surface area contributed by atoms with Crippen LogP contribution in [0.4, 0.5) is 0 Å². The van der Waals surface area contributed by atoms with Crippen LogP contribution in [0, 0.1) is 20.8 Å². The highest BCUT2D eigenvalue weighted by molar-refractivity contribution is 5.75. The molecule has 0 saturated heterocycles. The third kappa shape index (κ3) is 5.58. The van der Waals surface area contributed by atoms with Gasteiger partial charge in [-0.3, -0.25) is 0 Å². The number of hydrogen-bond donors (Lipinski definition) is 2. The first kappa shape index (κ1) is 23.4. The fraction of sp³-hybridized carbons (Fsp3) is 0.308. The molecule has 0 atom stereocenters. The second kappa shape index (κ2) is 10.9. The average Bonchev–Trinajstić information content (AvgIpc) is 3.36. The van der Waals surface area contributed by atoms with Crippen LogP contribution < -0.4 is 9.47 Å². The molecule has 176 valence electrons. The van der Waals surface area contributed by atoms with Gasteiger partial charge >= 0.3 is 0 Å². The quantitative estimate of drug-likeness (QED) is 0.370. The van der Waals surface area contributed by atoms with Gasteiger partial charge in [0.1, 0.15) is 19.0 Å². The SMILES string of the molecule is Cc1cc(OCCO)cc(C)c1-c1cccc(COc2ccc(CCc3nn[nH]n3)cn2)c1C. The summed E-state index contributed by atoms with van der Waals surface area (Å²) in [5.41, 5.74) is 8.01. The summed E-state index contributed by atoms with van der Waals surface area (Å²) in [6, 6.07) is 14.2. The molecule has 0 bridgehead atoms. The molecule has 4 rings (SSSR count). The molecule has 0 spiro atoms. The van der Waals surface area contributed by atoms with Crippen LogP contribution in [0.15, 0.2) is 48.7 Å². The highest BCUT2D eigenvalue weighted by Gasteiger charge is 2.13. The van der Waals surface area contributed by atoms with Crippen LogP contribution in [0.5, 0.6) is 11.6 Å². The maximum absolute atomic E-state index is 9.02. The summed E-state index contributed by atoms with van der Waals surface area (Å²) in [7, 11) is 0. The molecule has 2 aromatic carbocycles. The van der Waals surface area contributed by atoms with E-state index in [9.17, 15) is 0 Å². The van der Waals surface area contributed by atoms with Crippen molar-refractivity contribution in [2.24, 2.45) is 0 Å². The predicted molar refractivity (Wildman–Crippen MR) is 129 cm³/mol. The van der Waals surface area contributed by atoms with Gasteiger partial charge in [-0.1, -0.05) is 29.5 Å². The van der Waals surface area contributed by atoms with Gasteiger partial charge in [-0.15, -0.1) is 10.2 Å². The van der Waals surface area contributed by atoms with Gasteiger partial charge in [-0.05, 0) is 78.3 Å². The molecule has 8 nitrogen and oxygen atoms in total. The molecule has 0 aliphatic carbocycles. The molecule has 0 aliphatic heterocycles. The fourth-order valence-corrected chi connectivity index (χ4v) is 4.05. The number of aromatic amines is 1. The van der Waals surface area contributed by atoms with E-state index in [0.29, 0.717) is 24.7 Å². The van der Waals surface area contributed by atoms with E-state index in [2.05, 4.69) is 64.6 Å². The molecule has 0 aliphatic rings. The minimum absolute atomic E-state index is 0.00115. The van der Waals surface area contributed by atoms with Crippen molar-refractivity contribution in [3.63, 3.8) is 0 Å². The maximum Gasteiger partial charge on any atom is 0.213 e. The van der Waals surface area contributed by atoms with Gasteiger partial charge in [0.25, 0.3) is 0 Å². The number of hydrogen-bond acceptors (Lipinski definition) is 7. The topological polar surface area (TPSA) is 106 Å². The summed E-state index contributed by atoms with van der Waals surface area (Å²) >= 11 is 0.